The maximum Gasteiger partial charge on any atom is 0.335 e. The number of hydrogen-bond donors (Lipinski definition) is 3. The number of hydrogen-bond acceptors (Lipinski definition) is 4. The molecule has 21 heavy (non-hydrogen) atoms. The quantitative estimate of drug-likeness (QED) is 0.707. The molecular formula is C14H16N2O5. The van der Waals surface area contributed by atoms with Gasteiger partial charge < -0.3 is 20.9 Å². The molecule has 2 rings (SSSR count). The molecular weight excluding hydrogens is 276 g/mol. The number of carbonyl (C=O) groups is 3. The molecule has 2 atom stereocenters. The minimum absolute atomic E-state index is 0.188. The molecule has 0 spiro atoms. The fourth-order valence-corrected chi connectivity index (χ4v) is 2.11. The van der Waals surface area contributed by atoms with Gasteiger partial charge in [0.25, 0.3) is 0 Å². The molecule has 7 heteroatoms. The Morgan fingerprint density at radius 2 is 1.81 bits per heavy atom. The number of carboxylic acid groups (broad SMARTS) is 1. The first-order valence-electron chi connectivity index (χ1n) is 6.52. The van der Waals surface area contributed by atoms with Gasteiger partial charge in [0.15, 0.2) is 0 Å². The average Bonchev–Trinajstić information content (AvgIpc) is 2.95. The lowest BCUT2D eigenvalue weighted by Crippen LogP contribution is -2.36. The van der Waals surface area contributed by atoms with Crippen molar-refractivity contribution >= 4 is 17.8 Å². The Labute approximate surface area is 121 Å². The number of carbonyl (C=O) groups excluding carboxylic acids is 2. The Morgan fingerprint density at radius 3 is 2.33 bits per heavy atom. The van der Waals surface area contributed by atoms with Crippen molar-refractivity contribution in [1.29, 1.82) is 0 Å². The number of ether oxygens (including phenoxy) is 1. The minimum Gasteiger partial charge on any atom is -0.478 e. The summed E-state index contributed by atoms with van der Waals surface area (Å²) in [6.45, 7) is 0.264. The second kappa shape index (κ2) is 6.36. The van der Waals surface area contributed by atoms with E-state index in [4.69, 9.17) is 15.6 Å². The number of primary amides is 1. The molecule has 1 fully saturated rings. The second-order valence-electron chi connectivity index (χ2n) is 4.81. The highest BCUT2D eigenvalue weighted by molar-refractivity contribution is 5.87. The van der Waals surface area contributed by atoms with Crippen molar-refractivity contribution in [2.24, 2.45) is 5.73 Å². The third kappa shape index (κ3) is 3.79. The highest BCUT2D eigenvalue weighted by Gasteiger charge is 2.33. The monoisotopic (exact) mass is 292 g/mol. The van der Waals surface area contributed by atoms with Gasteiger partial charge in [0.05, 0.1) is 5.56 Å². The summed E-state index contributed by atoms with van der Waals surface area (Å²) >= 11 is 0. The predicted molar refractivity (Wildman–Crippen MR) is 72.3 cm³/mol. The summed E-state index contributed by atoms with van der Waals surface area (Å²) in [6, 6.07) is 6.20. The molecule has 1 aromatic rings. The van der Waals surface area contributed by atoms with E-state index in [0.29, 0.717) is 12.8 Å². The molecule has 1 aliphatic rings. The van der Waals surface area contributed by atoms with Gasteiger partial charge in [0.1, 0.15) is 12.2 Å². The Bertz CT molecular complexity index is 555. The molecule has 0 aliphatic carbocycles. The first-order valence-corrected chi connectivity index (χ1v) is 6.52. The normalized spacial score (nSPS) is 21.0. The van der Waals surface area contributed by atoms with Gasteiger partial charge in [0, 0.05) is 6.54 Å². The zero-order valence-corrected chi connectivity index (χ0v) is 11.2. The first kappa shape index (κ1) is 15.0. The maximum absolute atomic E-state index is 11.9. The van der Waals surface area contributed by atoms with Crippen molar-refractivity contribution < 1.29 is 24.2 Å². The summed E-state index contributed by atoms with van der Waals surface area (Å²) in [4.78, 5) is 33.5. The van der Waals surface area contributed by atoms with Crippen molar-refractivity contribution in [1.82, 2.24) is 5.32 Å². The molecule has 7 nitrogen and oxygen atoms in total. The zero-order chi connectivity index (χ0) is 15.4. The lowest BCUT2D eigenvalue weighted by Gasteiger charge is -2.12. The number of amides is 2. The van der Waals surface area contributed by atoms with Crippen LogP contribution in [0, 0.1) is 0 Å². The number of nitrogens with two attached hydrogens (primary N) is 1. The number of aromatic carboxylic acids is 1. The van der Waals surface area contributed by atoms with Gasteiger partial charge in [-0.25, -0.2) is 4.79 Å². The molecule has 1 aliphatic heterocycles. The Kier molecular flexibility index (Phi) is 4.54. The highest BCUT2D eigenvalue weighted by Crippen LogP contribution is 2.19. The molecule has 0 unspecified atom stereocenters. The molecule has 0 saturated carbocycles. The second-order valence-corrected chi connectivity index (χ2v) is 4.81. The smallest absolute Gasteiger partial charge is 0.335 e. The van der Waals surface area contributed by atoms with Gasteiger partial charge in [0.2, 0.25) is 11.8 Å². The number of nitrogens with one attached hydrogen (secondary N) is 1. The van der Waals surface area contributed by atoms with Crippen molar-refractivity contribution in [3.05, 3.63) is 35.4 Å². The van der Waals surface area contributed by atoms with Crippen LogP contribution >= 0.6 is 0 Å². The Balaban J connectivity index is 1.84. The zero-order valence-electron chi connectivity index (χ0n) is 11.2. The number of rotatable bonds is 5. The SMILES string of the molecule is NC(=O)[C@@H]1CC[C@H](C(=O)NCc2ccc(C(=O)O)cc2)O1. The van der Waals surface area contributed by atoms with E-state index >= 15 is 0 Å². The van der Waals surface area contributed by atoms with Crippen LogP contribution in [0.5, 0.6) is 0 Å². The molecule has 0 aromatic heterocycles. The lowest BCUT2D eigenvalue weighted by molar-refractivity contribution is -0.137. The van der Waals surface area contributed by atoms with E-state index in [-0.39, 0.29) is 18.0 Å². The van der Waals surface area contributed by atoms with Crippen molar-refractivity contribution in [3.8, 4) is 0 Å². The van der Waals surface area contributed by atoms with Crippen LogP contribution in [0.3, 0.4) is 0 Å². The third-order valence-electron chi connectivity index (χ3n) is 3.30. The molecule has 2 amide bonds. The van der Waals surface area contributed by atoms with E-state index in [1.807, 2.05) is 0 Å². The van der Waals surface area contributed by atoms with Gasteiger partial charge in [-0.2, -0.15) is 0 Å². The van der Waals surface area contributed by atoms with Crippen LogP contribution in [0.25, 0.3) is 0 Å². The number of benzene rings is 1. The summed E-state index contributed by atoms with van der Waals surface area (Å²) in [7, 11) is 0. The van der Waals surface area contributed by atoms with Crippen molar-refractivity contribution in [2.75, 3.05) is 0 Å². The van der Waals surface area contributed by atoms with E-state index < -0.39 is 24.1 Å². The number of carboxylic acids is 1. The van der Waals surface area contributed by atoms with Crippen LogP contribution in [0.2, 0.25) is 0 Å². The fourth-order valence-electron chi connectivity index (χ4n) is 2.11. The Morgan fingerprint density at radius 1 is 1.19 bits per heavy atom. The maximum atomic E-state index is 11.9. The molecule has 1 heterocycles. The summed E-state index contributed by atoms with van der Waals surface area (Å²) in [5, 5.41) is 11.5. The van der Waals surface area contributed by atoms with Crippen LogP contribution in [-0.2, 0) is 20.9 Å². The van der Waals surface area contributed by atoms with Crippen LogP contribution in [0.15, 0.2) is 24.3 Å². The van der Waals surface area contributed by atoms with Crippen LogP contribution in [0.4, 0.5) is 0 Å². The topological polar surface area (TPSA) is 119 Å². The third-order valence-corrected chi connectivity index (χ3v) is 3.30. The van der Waals surface area contributed by atoms with E-state index in [9.17, 15) is 14.4 Å². The van der Waals surface area contributed by atoms with Gasteiger partial charge in [-0.1, -0.05) is 12.1 Å². The minimum atomic E-state index is -0.998. The summed E-state index contributed by atoms with van der Waals surface area (Å²) < 4.78 is 5.26. The van der Waals surface area contributed by atoms with Crippen molar-refractivity contribution in [3.63, 3.8) is 0 Å². The van der Waals surface area contributed by atoms with Gasteiger partial charge in [-0.05, 0) is 30.5 Å². The Hall–Kier alpha value is -2.41. The molecule has 1 aromatic carbocycles. The van der Waals surface area contributed by atoms with E-state index in [1.165, 1.54) is 12.1 Å². The first-order chi connectivity index (χ1) is 9.97. The molecule has 112 valence electrons. The van der Waals surface area contributed by atoms with Crippen LogP contribution in [0.1, 0.15) is 28.8 Å². The highest BCUT2D eigenvalue weighted by atomic mass is 16.5. The average molecular weight is 292 g/mol. The summed E-state index contributed by atoms with van der Waals surface area (Å²) in [5.74, 6) is -1.86. The summed E-state index contributed by atoms with van der Waals surface area (Å²) in [6.07, 6.45) is -0.464. The molecule has 0 bridgehead atoms. The van der Waals surface area contributed by atoms with Crippen LogP contribution in [-0.4, -0.2) is 35.1 Å². The van der Waals surface area contributed by atoms with E-state index in [2.05, 4.69) is 5.32 Å². The van der Waals surface area contributed by atoms with E-state index in [0.717, 1.165) is 5.56 Å². The molecule has 1 saturated heterocycles. The largest absolute Gasteiger partial charge is 0.478 e. The standard InChI is InChI=1S/C14H16N2O5/c15-12(17)10-5-6-11(21-10)13(18)16-7-8-1-3-9(4-2-8)14(19)20/h1-4,10-11H,5-7H2,(H2,15,17)(H,16,18)(H,19,20)/t10-,11+/m0/s1. The fraction of sp³-hybridized carbons (Fsp3) is 0.357. The van der Waals surface area contributed by atoms with Gasteiger partial charge >= 0.3 is 5.97 Å². The molecule has 4 N–H and O–H groups in total. The summed E-state index contributed by atoms with van der Waals surface area (Å²) in [5.41, 5.74) is 6.08. The van der Waals surface area contributed by atoms with Gasteiger partial charge in [-0.3, -0.25) is 9.59 Å². The van der Waals surface area contributed by atoms with Crippen molar-refractivity contribution in [2.45, 2.75) is 31.6 Å². The van der Waals surface area contributed by atoms with E-state index in [1.54, 1.807) is 12.1 Å². The lowest BCUT2D eigenvalue weighted by atomic mass is 10.1. The molecule has 0 radical (unpaired) electrons. The predicted octanol–water partition coefficient (Wildman–Crippen LogP) is 0.0339. The van der Waals surface area contributed by atoms with Gasteiger partial charge in [-0.15, -0.1) is 0 Å². The van der Waals surface area contributed by atoms with Crippen LogP contribution < -0.4 is 11.1 Å².